The van der Waals surface area contributed by atoms with Crippen molar-refractivity contribution in [2.24, 2.45) is 0 Å². The molecule has 0 spiro atoms. The summed E-state index contributed by atoms with van der Waals surface area (Å²) in [5.74, 6) is -0.412. The molecule has 0 saturated heterocycles. The number of aromatic nitrogens is 1. The highest BCUT2D eigenvalue weighted by atomic mass is 35.5. The summed E-state index contributed by atoms with van der Waals surface area (Å²) in [5, 5.41) is 14.6. The van der Waals surface area contributed by atoms with Gasteiger partial charge < -0.3 is 0 Å². The molecule has 0 saturated carbocycles. The number of nitro benzene ring substituents is 1. The molecule has 3 aromatic rings. The first-order chi connectivity index (χ1) is 11.9. The van der Waals surface area contributed by atoms with Gasteiger partial charge in [-0.3, -0.25) is 20.2 Å². The fourth-order valence-corrected chi connectivity index (χ4v) is 3.48. The van der Waals surface area contributed by atoms with E-state index in [-0.39, 0.29) is 5.69 Å². The predicted molar refractivity (Wildman–Crippen MR) is 100 cm³/mol. The van der Waals surface area contributed by atoms with Crippen LogP contribution in [0.5, 0.6) is 0 Å². The monoisotopic (exact) mass is 393 g/mol. The lowest BCUT2D eigenvalue weighted by Crippen LogP contribution is -2.07. The van der Waals surface area contributed by atoms with Gasteiger partial charge in [0.2, 0.25) is 5.91 Å². The smallest absolute Gasteiger partial charge is 0.270 e. The molecule has 0 aliphatic rings. The highest BCUT2D eigenvalue weighted by Gasteiger charge is 2.11. The number of nitrogens with zero attached hydrogens (tertiary/aromatic N) is 2. The quantitative estimate of drug-likeness (QED) is 0.376. The predicted octanol–water partition coefficient (Wildman–Crippen LogP) is 5.16. The Bertz CT molecular complexity index is 997. The summed E-state index contributed by atoms with van der Waals surface area (Å²) in [6.07, 6.45) is 2.81. The van der Waals surface area contributed by atoms with Crippen LogP contribution < -0.4 is 5.32 Å². The average molecular weight is 394 g/mol. The van der Waals surface area contributed by atoms with E-state index in [0.29, 0.717) is 31.0 Å². The Labute approximate surface area is 155 Å². The van der Waals surface area contributed by atoms with E-state index in [9.17, 15) is 14.9 Å². The number of thiazole rings is 1. The largest absolute Gasteiger partial charge is 0.298 e. The molecule has 1 aromatic heterocycles. The van der Waals surface area contributed by atoms with Gasteiger partial charge in [-0.15, -0.1) is 0 Å². The molecule has 0 aliphatic heterocycles. The molecule has 0 unspecified atom stereocenters. The zero-order valence-electron chi connectivity index (χ0n) is 12.4. The molecule has 0 radical (unpaired) electrons. The van der Waals surface area contributed by atoms with Crippen molar-refractivity contribution in [2.75, 3.05) is 5.32 Å². The zero-order valence-corrected chi connectivity index (χ0v) is 14.7. The number of amides is 1. The van der Waals surface area contributed by atoms with E-state index in [0.717, 1.165) is 11.3 Å². The van der Waals surface area contributed by atoms with Crippen LogP contribution in [0.1, 0.15) is 5.56 Å². The maximum atomic E-state index is 12.0. The van der Waals surface area contributed by atoms with Gasteiger partial charge in [-0.2, -0.15) is 0 Å². The molecule has 0 bridgehead atoms. The molecule has 3 rings (SSSR count). The van der Waals surface area contributed by atoms with Crippen molar-refractivity contribution in [2.45, 2.75) is 0 Å². The molecule has 1 amide bonds. The van der Waals surface area contributed by atoms with Gasteiger partial charge in [-0.25, -0.2) is 4.98 Å². The number of hydrogen-bond donors (Lipinski definition) is 1. The van der Waals surface area contributed by atoms with E-state index in [2.05, 4.69) is 10.3 Å². The Morgan fingerprint density at radius 3 is 2.64 bits per heavy atom. The number of hydrogen-bond acceptors (Lipinski definition) is 5. The van der Waals surface area contributed by atoms with E-state index < -0.39 is 10.8 Å². The maximum absolute atomic E-state index is 12.0. The van der Waals surface area contributed by atoms with Gasteiger partial charge in [-0.05, 0) is 24.3 Å². The summed E-state index contributed by atoms with van der Waals surface area (Å²) in [6, 6.07) is 9.38. The third kappa shape index (κ3) is 3.96. The number of non-ortho nitro benzene ring substituents is 1. The first-order valence-electron chi connectivity index (χ1n) is 6.92. The highest BCUT2D eigenvalue weighted by Crippen LogP contribution is 2.29. The molecule has 1 heterocycles. The fourth-order valence-electron chi connectivity index (χ4n) is 2.06. The second-order valence-electron chi connectivity index (χ2n) is 4.89. The molecular weight excluding hydrogens is 385 g/mol. The molecule has 6 nitrogen and oxygen atoms in total. The van der Waals surface area contributed by atoms with E-state index >= 15 is 0 Å². The van der Waals surface area contributed by atoms with E-state index in [1.165, 1.54) is 24.3 Å². The maximum Gasteiger partial charge on any atom is 0.270 e. The minimum atomic E-state index is -0.479. The lowest BCUT2D eigenvalue weighted by atomic mass is 10.2. The normalized spacial score (nSPS) is 11.1. The number of halogens is 2. The van der Waals surface area contributed by atoms with Gasteiger partial charge >= 0.3 is 0 Å². The number of carbonyl (C=O) groups is 1. The van der Waals surface area contributed by atoms with Gasteiger partial charge in [-0.1, -0.05) is 40.6 Å². The standard InChI is InChI=1S/C16H9Cl2N3O3S/c17-11-2-1-3-12(18)10(11)5-7-15(22)20-16-19-13-6-4-9(21(23)24)8-14(13)25-16/h1-8H,(H,19,20,22). The van der Waals surface area contributed by atoms with Crippen LogP contribution in [0, 0.1) is 10.1 Å². The van der Waals surface area contributed by atoms with Gasteiger partial charge in [0, 0.05) is 33.8 Å². The highest BCUT2D eigenvalue weighted by molar-refractivity contribution is 7.22. The molecule has 25 heavy (non-hydrogen) atoms. The third-order valence-corrected chi connectivity index (χ3v) is 4.81. The molecule has 126 valence electrons. The van der Waals surface area contributed by atoms with Crippen LogP contribution in [0.4, 0.5) is 10.8 Å². The number of rotatable bonds is 4. The van der Waals surface area contributed by atoms with Crippen LogP contribution in [-0.4, -0.2) is 15.8 Å². The summed E-state index contributed by atoms with van der Waals surface area (Å²) in [5.41, 5.74) is 1.09. The number of carbonyl (C=O) groups excluding carboxylic acids is 1. The number of anilines is 1. The molecular formula is C16H9Cl2N3O3S. The summed E-state index contributed by atoms with van der Waals surface area (Å²) in [4.78, 5) is 26.6. The Balaban J connectivity index is 1.78. The van der Waals surface area contributed by atoms with E-state index in [1.807, 2.05) is 0 Å². The van der Waals surface area contributed by atoms with Crippen LogP contribution in [0.25, 0.3) is 16.3 Å². The van der Waals surface area contributed by atoms with Crippen molar-refractivity contribution in [1.29, 1.82) is 0 Å². The second-order valence-corrected chi connectivity index (χ2v) is 6.73. The Hall–Kier alpha value is -2.48. The van der Waals surface area contributed by atoms with Crippen LogP contribution in [0.2, 0.25) is 10.0 Å². The molecule has 0 aliphatic carbocycles. The van der Waals surface area contributed by atoms with Crippen molar-refractivity contribution < 1.29 is 9.72 Å². The van der Waals surface area contributed by atoms with Crippen molar-refractivity contribution in [3.63, 3.8) is 0 Å². The fraction of sp³-hybridized carbons (Fsp3) is 0. The topological polar surface area (TPSA) is 85.1 Å². The first-order valence-corrected chi connectivity index (χ1v) is 8.49. The number of nitro groups is 1. The van der Waals surface area contributed by atoms with Crippen LogP contribution in [-0.2, 0) is 4.79 Å². The van der Waals surface area contributed by atoms with E-state index in [1.54, 1.807) is 24.3 Å². The third-order valence-electron chi connectivity index (χ3n) is 3.21. The molecule has 1 N–H and O–H groups in total. The summed E-state index contributed by atoms with van der Waals surface area (Å²) >= 11 is 13.2. The molecule has 0 fully saturated rings. The van der Waals surface area contributed by atoms with E-state index in [4.69, 9.17) is 23.2 Å². The molecule has 0 atom stereocenters. The first kappa shape index (κ1) is 17.3. The minimum absolute atomic E-state index is 0.0257. The van der Waals surface area contributed by atoms with Crippen molar-refractivity contribution in [3.8, 4) is 0 Å². The lowest BCUT2D eigenvalue weighted by Gasteiger charge is -2.00. The zero-order chi connectivity index (χ0) is 18.0. The van der Waals surface area contributed by atoms with Gasteiger partial charge in [0.15, 0.2) is 5.13 Å². The van der Waals surface area contributed by atoms with Crippen molar-refractivity contribution >= 4 is 67.6 Å². The number of nitrogens with one attached hydrogen (secondary N) is 1. The summed E-state index contributed by atoms with van der Waals surface area (Å²) < 4.78 is 0.614. The molecule has 9 heteroatoms. The molecule has 2 aromatic carbocycles. The average Bonchev–Trinajstić information content (AvgIpc) is 2.95. The Morgan fingerprint density at radius 1 is 1.24 bits per heavy atom. The van der Waals surface area contributed by atoms with Crippen LogP contribution >= 0.6 is 34.5 Å². The van der Waals surface area contributed by atoms with Gasteiger partial charge in [0.1, 0.15) is 0 Å². The van der Waals surface area contributed by atoms with Crippen molar-refractivity contribution in [3.05, 3.63) is 68.2 Å². The van der Waals surface area contributed by atoms with Crippen molar-refractivity contribution in [1.82, 2.24) is 4.98 Å². The number of fused-ring (bicyclic) bond motifs is 1. The Kier molecular flexibility index (Phi) is 4.98. The van der Waals surface area contributed by atoms with Crippen LogP contribution in [0.15, 0.2) is 42.5 Å². The summed E-state index contributed by atoms with van der Waals surface area (Å²) in [7, 11) is 0. The summed E-state index contributed by atoms with van der Waals surface area (Å²) in [6.45, 7) is 0. The SMILES string of the molecule is O=C(C=Cc1c(Cl)cccc1Cl)Nc1nc2ccc([N+](=O)[O-])cc2s1. The minimum Gasteiger partial charge on any atom is -0.298 e. The second kappa shape index (κ2) is 7.18. The van der Waals surface area contributed by atoms with Gasteiger partial charge in [0.25, 0.3) is 5.69 Å². The number of benzene rings is 2. The lowest BCUT2D eigenvalue weighted by molar-refractivity contribution is -0.384. The van der Waals surface area contributed by atoms with Gasteiger partial charge in [0.05, 0.1) is 15.1 Å². The Morgan fingerprint density at radius 2 is 1.96 bits per heavy atom. The van der Waals surface area contributed by atoms with Crippen LogP contribution in [0.3, 0.4) is 0 Å².